The summed E-state index contributed by atoms with van der Waals surface area (Å²) in [5.41, 5.74) is 0.498. The Morgan fingerprint density at radius 2 is 1.94 bits per heavy atom. The van der Waals surface area contributed by atoms with Gasteiger partial charge in [-0.25, -0.2) is 8.42 Å². The number of fused-ring (bicyclic) bond motifs is 1. The lowest BCUT2D eigenvalue weighted by Gasteiger charge is -2.32. The number of sulfone groups is 1. The van der Waals surface area contributed by atoms with Gasteiger partial charge < -0.3 is 20.1 Å². The number of benzene rings is 2. The second kappa shape index (κ2) is 8.95. The molecule has 0 bridgehead atoms. The third-order valence-electron chi connectivity index (χ3n) is 6.96. The summed E-state index contributed by atoms with van der Waals surface area (Å²) in [6.07, 6.45) is 1.09. The van der Waals surface area contributed by atoms with Gasteiger partial charge in [0.15, 0.2) is 9.84 Å². The number of likely N-dealkylation sites (N-methyl/N-ethyl adjacent to an activating group) is 1. The molecule has 0 unspecified atom stereocenters. The van der Waals surface area contributed by atoms with E-state index in [1.54, 1.807) is 7.11 Å². The van der Waals surface area contributed by atoms with Gasteiger partial charge in [0.25, 0.3) is 0 Å². The molecule has 9 heteroatoms. The number of nitrogens with zero attached hydrogens (tertiary/aromatic N) is 1. The van der Waals surface area contributed by atoms with E-state index in [-0.39, 0.29) is 29.7 Å². The standard InChI is InChI=1S/C24H30N2O6S/c1-26(19-14-33(30,31)15-20(19)27)23(29)10-12-24(11-9-22(28)25-24)13-16-7-8-21(32-2)18-6-4-3-5-17(16)18/h3-8,19-20,27H,9-15H2,1-2H3,(H,25,28)/t19-,20-,24+/m1/s1. The van der Waals surface area contributed by atoms with Crippen LogP contribution in [0.3, 0.4) is 0 Å². The molecule has 4 rings (SSSR count). The lowest BCUT2D eigenvalue weighted by molar-refractivity contribution is -0.133. The number of carbonyl (C=O) groups is 2. The van der Waals surface area contributed by atoms with E-state index in [1.165, 1.54) is 11.9 Å². The van der Waals surface area contributed by atoms with Gasteiger partial charge in [0.2, 0.25) is 11.8 Å². The Morgan fingerprint density at radius 3 is 2.55 bits per heavy atom. The molecule has 33 heavy (non-hydrogen) atoms. The van der Waals surface area contributed by atoms with Crippen LogP contribution in [0.2, 0.25) is 0 Å². The number of hydrogen-bond donors (Lipinski definition) is 2. The molecule has 2 heterocycles. The van der Waals surface area contributed by atoms with E-state index in [4.69, 9.17) is 4.74 Å². The monoisotopic (exact) mass is 474 g/mol. The second-order valence-corrected chi connectivity index (χ2v) is 11.3. The molecule has 2 aliphatic rings. The predicted molar refractivity (Wildman–Crippen MR) is 125 cm³/mol. The maximum Gasteiger partial charge on any atom is 0.222 e. The van der Waals surface area contributed by atoms with Crippen molar-refractivity contribution in [2.75, 3.05) is 25.7 Å². The summed E-state index contributed by atoms with van der Waals surface area (Å²) in [7, 11) is -0.182. The molecule has 2 saturated heterocycles. The zero-order valence-corrected chi connectivity index (χ0v) is 19.7. The number of nitrogens with one attached hydrogen (secondary N) is 1. The van der Waals surface area contributed by atoms with Crippen molar-refractivity contribution in [1.29, 1.82) is 0 Å². The summed E-state index contributed by atoms with van der Waals surface area (Å²) in [5.74, 6) is -0.0430. The molecule has 0 aromatic heterocycles. The summed E-state index contributed by atoms with van der Waals surface area (Å²) < 4.78 is 29.2. The second-order valence-electron chi connectivity index (χ2n) is 9.19. The maximum atomic E-state index is 12.9. The van der Waals surface area contributed by atoms with E-state index < -0.39 is 27.5 Å². The van der Waals surface area contributed by atoms with Crippen LogP contribution in [0.15, 0.2) is 36.4 Å². The molecule has 2 aromatic carbocycles. The minimum atomic E-state index is -3.35. The number of methoxy groups -OCH3 is 1. The van der Waals surface area contributed by atoms with Crippen LogP contribution in [-0.4, -0.2) is 73.6 Å². The molecule has 2 fully saturated rings. The maximum absolute atomic E-state index is 12.9. The van der Waals surface area contributed by atoms with Crippen LogP contribution in [0, 0.1) is 0 Å². The smallest absolute Gasteiger partial charge is 0.222 e. The Bertz CT molecular complexity index is 1180. The average molecular weight is 475 g/mol. The third-order valence-corrected chi connectivity index (χ3v) is 8.66. The fraction of sp³-hybridized carbons (Fsp3) is 0.500. The van der Waals surface area contributed by atoms with Crippen molar-refractivity contribution in [3.63, 3.8) is 0 Å². The van der Waals surface area contributed by atoms with Gasteiger partial charge in [-0.05, 0) is 36.3 Å². The number of aliphatic hydroxyl groups is 1. The highest BCUT2D eigenvalue weighted by molar-refractivity contribution is 7.91. The van der Waals surface area contributed by atoms with Gasteiger partial charge in [0.05, 0.1) is 30.8 Å². The van der Waals surface area contributed by atoms with E-state index in [0.29, 0.717) is 25.7 Å². The molecular formula is C24H30N2O6S. The van der Waals surface area contributed by atoms with Crippen molar-refractivity contribution in [1.82, 2.24) is 10.2 Å². The fourth-order valence-corrected chi connectivity index (χ4v) is 6.95. The van der Waals surface area contributed by atoms with Crippen molar-refractivity contribution < 1.29 is 27.9 Å². The van der Waals surface area contributed by atoms with E-state index in [0.717, 1.165) is 22.1 Å². The zero-order valence-electron chi connectivity index (χ0n) is 18.9. The van der Waals surface area contributed by atoms with Crippen LogP contribution in [-0.2, 0) is 25.8 Å². The van der Waals surface area contributed by atoms with Crippen molar-refractivity contribution in [2.24, 2.45) is 0 Å². The average Bonchev–Trinajstić information content (AvgIpc) is 3.29. The summed E-state index contributed by atoms with van der Waals surface area (Å²) in [5, 5.41) is 15.2. The Kier molecular flexibility index (Phi) is 6.37. The molecule has 0 radical (unpaired) electrons. The molecule has 2 N–H and O–H groups in total. The van der Waals surface area contributed by atoms with Gasteiger partial charge in [-0.1, -0.05) is 30.3 Å². The Labute approximate surface area is 193 Å². The molecule has 2 aromatic rings. The van der Waals surface area contributed by atoms with E-state index in [9.17, 15) is 23.1 Å². The van der Waals surface area contributed by atoms with E-state index in [2.05, 4.69) is 5.32 Å². The highest BCUT2D eigenvalue weighted by Gasteiger charge is 2.42. The number of ether oxygens (including phenoxy) is 1. The number of carbonyl (C=O) groups excluding carboxylic acids is 2. The molecule has 2 amide bonds. The molecule has 8 nitrogen and oxygen atoms in total. The number of amides is 2. The molecule has 2 aliphatic heterocycles. The predicted octanol–water partition coefficient (Wildman–Crippen LogP) is 1.44. The van der Waals surface area contributed by atoms with Gasteiger partial charge in [0, 0.05) is 30.8 Å². The number of rotatable bonds is 7. The van der Waals surface area contributed by atoms with Crippen LogP contribution < -0.4 is 10.1 Å². The number of aliphatic hydroxyl groups excluding tert-OH is 1. The lowest BCUT2D eigenvalue weighted by Crippen LogP contribution is -2.47. The third kappa shape index (κ3) is 4.84. The largest absolute Gasteiger partial charge is 0.496 e. The van der Waals surface area contributed by atoms with Crippen LogP contribution in [0.5, 0.6) is 5.75 Å². The molecule has 0 saturated carbocycles. The highest BCUT2D eigenvalue weighted by Crippen LogP contribution is 2.35. The van der Waals surface area contributed by atoms with Gasteiger partial charge in [0.1, 0.15) is 5.75 Å². The van der Waals surface area contributed by atoms with Crippen LogP contribution in [0.4, 0.5) is 0 Å². The SMILES string of the molecule is COc1ccc(C[C@@]2(CCC(=O)N(C)[C@@H]3CS(=O)(=O)C[C@H]3O)CCC(=O)N2)c2ccccc12. The van der Waals surface area contributed by atoms with Crippen LogP contribution >= 0.6 is 0 Å². The quantitative estimate of drug-likeness (QED) is 0.628. The molecular weight excluding hydrogens is 444 g/mol. The fourth-order valence-electron chi connectivity index (χ4n) is 5.10. The summed E-state index contributed by atoms with van der Waals surface area (Å²) in [6, 6.07) is 11.1. The summed E-state index contributed by atoms with van der Waals surface area (Å²) >= 11 is 0. The first-order valence-electron chi connectivity index (χ1n) is 11.1. The van der Waals surface area contributed by atoms with E-state index in [1.807, 2.05) is 36.4 Å². The first kappa shape index (κ1) is 23.5. The first-order valence-corrected chi connectivity index (χ1v) is 12.9. The van der Waals surface area contributed by atoms with E-state index >= 15 is 0 Å². The summed E-state index contributed by atoms with van der Waals surface area (Å²) in [6.45, 7) is 0. The molecule has 0 aliphatic carbocycles. The Balaban J connectivity index is 1.53. The highest BCUT2D eigenvalue weighted by atomic mass is 32.2. The zero-order chi connectivity index (χ0) is 23.8. The molecule has 0 spiro atoms. The number of hydrogen-bond acceptors (Lipinski definition) is 6. The topological polar surface area (TPSA) is 113 Å². The van der Waals surface area contributed by atoms with Gasteiger partial charge in [-0.15, -0.1) is 0 Å². The van der Waals surface area contributed by atoms with Gasteiger partial charge >= 0.3 is 0 Å². The van der Waals surface area contributed by atoms with Crippen molar-refractivity contribution in [3.05, 3.63) is 42.0 Å². The minimum Gasteiger partial charge on any atom is -0.496 e. The Hall–Kier alpha value is -2.65. The van der Waals surface area contributed by atoms with Gasteiger partial charge in [-0.2, -0.15) is 0 Å². The lowest BCUT2D eigenvalue weighted by atomic mass is 9.83. The van der Waals surface area contributed by atoms with Crippen molar-refractivity contribution in [2.45, 2.75) is 49.8 Å². The normalized spacial score (nSPS) is 26.3. The van der Waals surface area contributed by atoms with Crippen LogP contribution in [0.1, 0.15) is 31.2 Å². The van der Waals surface area contributed by atoms with Crippen molar-refractivity contribution >= 4 is 32.4 Å². The van der Waals surface area contributed by atoms with Crippen LogP contribution in [0.25, 0.3) is 10.8 Å². The molecule has 3 atom stereocenters. The summed E-state index contributed by atoms with van der Waals surface area (Å²) in [4.78, 5) is 26.4. The first-order chi connectivity index (χ1) is 15.6. The van der Waals surface area contributed by atoms with Gasteiger partial charge in [-0.3, -0.25) is 9.59 Å². The Morgan fingerprint density at radius 1 is 1.21 bits per heavy atom. The molecule has 178 valence electrons. The van der Waals surface area contributed by atoms with Crippen molar-refractivity contribution in [3.8, 4) is 5.75 Å². The minimum absolute atomic E-state index is 0.0362.